The van der Waals surface area contributed by atoms with Crippen LogP contribution in [0.15, 0.2) is 47.8 Å². The van der Waals surface area contributed by atoms with Crippen molar-refractivity contribution in [1.29, 1.82) is 0 Å². The number of piperidine rings is 1. The van der Waals surface area contributed by atoms with Gasteiger partial charge in [-0.1, -0.05) is 50.2 Å². The van der Waals surface area contributed by atoms with Gasteiger partial charge in [0.05, 0.1) is 19.1 Å². The first-order valence-corrected chi connectivity index (χ1v) is 9.71. The van der Waals surface area contributed by atoms with Crippen molar-refractivity contribution in [3.8, 4) is 0 Å². The van der Waals surface area contributed by atoms with E-state index in [4.69, 9.17) is 0 Å². The molecule has 128 valence electrons. The smallest absolute Gasteiger partial charge is 0.275 e. The molecule has 3 atom stereocenters. The summed E-state index contributed by atoms with van der Waals surface area (Å²) in [5.74, 6) is 1.56. The van der Waals surface area contributed by atoms with Crippen LogP contribution in [0, 0.1) is 11.8 Å². The number of hydrogen-bond acceptors (Lipinski definition) is 2. The van der Waals surface area contributed by atoms with E-state index in [1.54, 1.807) is 11.3 Å². The van der Waals surface area contributed by atoms with Gasteiger partial charge in [-0.2, -0.15) is 0 Å². The van der Waals surface area contributed by atoms with E-state index in [0.29, 0.717) is 18.4 Å². The van der Waals surface area contributed by atoms with Gasteiger partial charge in [-0.05, 0) is 23.4 Å². The van der Waals surface area contributed by atoms with Crippen molar-refractivity contribution in [2.45, 2.75) is 26.3 Å². The average molecular weight is 344 g/mol. The molecule has 1 aliphatic rings. The maximum atomic E-state index is 12.7. The Morgan fingerprint density at radius 1 is 1.17 bits per heavy atom. The highest BCUT2D eigenvalue weighted by Crippen LogP contribution is 2.25. The molecule has 1 aliphatic heterocycles. The zero-order valence-corrected chi connectivity index (χ0v) is 15.3. The van der Waals surface area contributed by atoms with Crippen LogP contribution in [0.5, 0.6) is 0 Å². The second-order valence-corrected chi connectivity index (χ2v) is 8.19. The van der Waals surface area contributed by atoms with Crippen LogP contribution in [0.3, 0.4) is 0 Å². The monoisotopic (exact) mass is 343 g/mol. The van der Waals surface area contributed by atoms with Gasteiger partial charge in [0, 0.05) is 16.7 Å². The first kappa shape index (κ1) is 17.2. The molecule has 2 N–H and O–H groups in total. The number of rotatable bonds is 5. The van der Waals surface area contributed by atoms with E-state index in [1.807, 2.05) is 24.3 Å². The molecule has 1 aromatic heterocycles. The molecule has 1 amide bonds. The Hall–Kier alpha value is -1.65. The molecule has 1 fully saturated rings. The molecule has 0 radical (unpaired) electrons. The van der Waals surface area contributed by atoms with Gasteiger partial charge in [0.15, 0.2) is 6.54 Å². The van der Waals surface area contributed by atoms with Crippen LogP contribution in [-0.4, -0.2) is 25.5 Å². The Bertz CT molecular complexity index is 631. The molecule has 0 spiro atoms. The molecule has 3 nitrogen and oxygen atoms in total. The average Bonchev–Trinajstić information content (AvgIpc) is 3.06. The van der Waals surface area contributed by atoms with E-state index in [1.165, 1.54) is 16.2 Å². The van der Waals surface area contributed by atoms with Crippen LogP contribution in [0.2, 0.25) is 0 Å². The quantitative estimate of drug-likeness (QED) is 0.859. The second kappa shape index (κ2) is 7.95. The molecule has 4 heteroatoms. The van der Waals surface area contributed by atoms with Gasteiger partial charge in [-0.15, -0.1) is 11.3 Å². The minimum atomic E-state index is -0.0438. The summed E-state index contributed by atoms with van der Waals surface area (Å²) < 4.78 is 0. The van der Waals surface area contributed by atoms with E-state index in [0.717, 1.165) is 18.7 Å². The summed E-state index contributed by atoms with van der Waals surface area (Å²) in [5, 5.41) is 5.33. The fraction of sp³-hybridized carbons (Fsp3) is 0.450. The molecular formula is C20H27N2OS+. The number of thiophene rings is 1. The standard InChI is InChI=1S/C20H26N2OS/c1-15-11-16(2)13-22(12-15)14-19(23)21-20(18-9-6-10-24-18)17-7-4-3-5-8-17/h3-10,15-16,20H,11-14H2,1-2H3,(H,21,23)/p+1/t15-,16-,20-/m0/s1. The molecule has 0 unspecified atom stereocenters. The third-order valence-corrected chi connectivity index (χ3v) is 5.69. The zero-order valence-electron chi connectivity index (χ0n) is 14.5. The number of carbonyl (C=O) groups excluding carboxylic acids is 1. The fourth-order valence-electron chi connectivity index (χ4n) is 3.93. The van der Waals surface area contributed by atoms with Crippen LogP contribution in [-0.2, 0) is 4.79 Å². The molecular weight excluding hydrogens is 316 g/mol. The number of amides is 1. The van der Waals surface area contributed by atoms with Crippen LogP contribution in [0.25, 0.3) is 0 Å². The van der Waals surface area contributed by atoms with Crippen molar-refractivity contribution < 1.29 is 9.69 Å². The van der Waals surface area contributed by atoms with Gasteiger partial charge in [0.25, 0.3) is 5.91 Å². The predicted octanol–water partition coefficient (Wildman–Crippen LogP) is 2.51. The highest BCUT2D eigenvalue weighted by Gasteiger charge is 2.27. The second-order valence-electron chi connectivity index (χ2n) is 7.21. The summed E-state index contributed by atoms with van der Waals surface area (Å²) in [6.07, 6.45) is 1.28. The number of carbonyl (C=O) groups is 1. The SMILES string of the molecule is C[C@H]1C[C@H](C)C[NH+](CC(=O)N[C@@H](c2ccccc2)c2cccs2)C1. The van der Waals surface area contributed by atoms with E-state index in [9.17, 15) is 4.79 Å². The Labute approximate surface area is 148 Å². The molecule has 1 aromatic carbocycles. The third kappa shape index (κ3) is 4.46. The number of benzene rings is 1. The van der Waals surface area contributed by atoms with Gasteiger partial charge in [-0.3, -0.25) is 4.79 Å². The van der Waals surface area contributed by atoms with E-state index >= 15 is 0 Å². The first-order chi connectivity index (χ1) is 11.6. The van der Waals surface area contributed by atoms with Crippen molar-refractivity contribution in [2.24, 2.45) is 11.8 Å². The number of likely N-dealkylation sites (tertiary alicyclic amines) is 1. The van der Waals surface area contributed by atoms with Crippen molar-refractivity contribution in [3.63, 3.8) is 0 Å². The summed E-state index contributed by atoms with van der Waals surface area (Å²) in [6, 6.07) is 14.3. The van der Waals surface area contributed by atoms with Gasteiger partial charge >= 0.3 is 0 Å². The van der Waals surface area contributed by atoms with Gasteiger partial charge in [-0.25, -0.2) is 0 Å². The largest absolute Gasteiger partial charge is 0.339 e. The lowest BCUT2D eigenvalue weighted by Gasteiger charge is -2.31. The van der Waals surface area contributed by atoms with E-state index in [-0.39, 0.29) is 11.9 Å². The van der Waals surface area contributed by atoms with Crippen LogP contribution in [0.4, 0.5) is 0 Å². The third-order valence-electron chi connectivity index (χ3n) is 4.76. The maximum absolute atomic E-state index is 12.7. The lowest BCUT2D eigenvalue weighted by atomic mass is 9.92. The normalized spacial score (nSPS) is 25.2. The molecule has 0 aliphatic carbocycles. The van der Waals surface area contributed by atoms with Crippen molar-refractivity contribution >= 4 is 17.2 Å². The molecule has 0 saturated carbocycles. The number of hydrogen-bond donors (Lipinski definition) is 2. The minimum Gasteiger partial charge on any atom is -0.339 e. The van der Waals surface area contributed by atoms with Crippen molar-refractivity contribution in [2.75, 3.05) is 19.6 Å². The molecule has 2 aromatic rings. The molecule has 2 heterocycles. The van der Waals surface area contributed by atoms with Gasteiger partial charge in [0.2, 0.25) is 0 Å². The predicted molar refractivity (Wildman–Crippen MR) is 99.3 cm³/mol. The van der Waals surface area contributed by atoms with E-state index < -0.39 is 0 Å². The molecule has 3 rings (SSSR count). The lowest BCUT2D eigenvalue weighted by Crippen LogP contribution is -3.15. The molecule has 0 bridgehead atoms. The summed E-state index contributed by atoms with van der Waals surface area (Å²) in [6.45, 7) is 7.38. The summed E-state index contributed by atoms with van der Waals surface area (Å²) in [7, 11) is 0. The maximum Gasteiger partial charge on any atom is 0.275 e. The lowest BCUT2D eigenvalue weighted by molar-refractivity contribution is -0.904. The Balaban J connectivity index is 1.68. The number of quaternary nitrogens is 1. The van der Waals surface area contributed by atoms with Crippen LogP contribution >= 0.6 is 11.3 Å². The first-order valence-electron chi connectivity index (χ1n) is 8.83. The van der Waals surface area contributed by atoms with Crippen molar-refractivity contribution in [3.05, 3.63) is 58.3 Å². The summed E-state index contributed by atoms with van der Waals surface area (Å²) >= 11 is 1.69. The van der Waals surface area contributed by atoms with Crippen LogP contribution in [0.1, 0.15) is 36.8 Å². The number of nitrogens with one attached hydrogen (secondary N) is 2. The van der Waals surface area contributed by atoms with Gasteiger partial charge < -0.3 is 10.2 Å². The topological polar surface area (TPSA) is 33.5 Å². The zero-order chi connectivity index (χ0) is 16.9. The minimum absolute atomic E-state index is 0.0438. The van der Waals surface area contributed by atoms with E-state index in [2.05, 4.69) is 42.7 Å². The van der Waals surface area contributed by atoms with Crippen LogP contribution < -0.4 is 10.2 Å². The highest BCUT2D eigenvalue weighted by atomic mass is 32.1. The van der Waals surface area contributed by atoms with Crippen molar-refractivity contribution in [1.82, 2.24) is 5.32 Å². The summed E-state index contributed by atoms with van der Waals surface area (Å²) in [5.41, 5.74) is 1.14. The fourth-order valence-corrected chi connectivity index (χ4v) is 4.73. The molecule has 24 heavy (non-hydrogen) atoms. The Morgan fingerprint density at radius 3 is 2.50 bits per heavy atom. The van der Waals surface area contributed by atoms with Gasteiger partial charge in [0.1, 0.15) is 0 Å². The highest BCUT2D eigenvalue weighted by molar-refractivity contribution is 7.10. The summed E-state index contributed by atoms with van der Waals surface area (Å²) in [4.78, 5) is 15.3. The Kier molecular flexibility index (Phi) is 5.69. The Morgan fingerprint density at radius 2 is 1.88 bits per heavy atom. The molecule has 1 saturated heterocycles.